The summed E-state index contributed by atoms with van der Waals surface area (Å²) in [6.45, 7) is 0. The highest BCUT2D eigenvalue weighted by atomic mass is 16.3. The van der Waals surface area contributed by atoms with E-state index in [0.29, 0.717) is 0 Å². The van der Waals surface area contributed by atoms with Crippen molar-refractivity contribution < 1.29 is 4.42 Å². The van der Waals surface area contributed by atoms with Gasteiger partial charge in [0.15, 0.2) is 0 Å². The Morgan fingerprint density at radius 2 is 0.974 bits per heavy atom. The Labute approximate surface area is 221 Å². The first-order valence-electron chi connectivity index (χ1n) is 12.9. The fourth-order valence-corrected chi connectivity index (χ4v) is 5.18. The lowest BCUT2D eigenvalue weighted by atomic mass is 9.99. The van der Waals surface area contributed by atoms with Gasteiger partial charge in [0.25, 0.3) is 0 Å². The van der Waals surface area contributed by atoms with Gasteiger partial charge in [-0.3, -0.25) is 0 Å². The molecular formula is C36H25NO. The zero-order chi connectivity index (χ0) is 25.3. The SMILES string of the molecule is c1ccc(-c2ccc(-c3ccccc3Nc3ccc(-c4cccc5c4oc4ccccc45)cc3)cc2)cc1. The molecule has 2 nitrogen and oxygen atoms in total. The molecule has 1 N–H and O–H groups in total. The summed E-state index contributed by atoms with van der Waals surface area (Å²) in [7, 11) is 0. The minimum Gasteiger partial charge on any atom is -0.455 e. The van der Waals surface area contributed by atoms with Crippen LogP contribution in [0.15, 0.2) is 150 Å². The van der Waals surface area contributed by atoms with Crippen LogP contribution in [-0.2, 0) is 0 Å². The van der Waals surface area contributed by atoms with Crippen molar-refractivity contribution in [1.82, 2.24) is 0 Å². The molecule has 1 aromatic heterocycles. The Hall–Kier alpha value is -5.08. The molecule has 0 aliphatic heterocycles. The van der Waals surface area contributed by atoms with Gasteiger partial charge in [0.2, 0.25) is 0 Å². The predicted octanol–water partition coefficient (Wildman–Crippen LogP) is 10.3. The first-order chi connectivity index (χ1) is 18.8. The summed E-state index contributed by atoms with van der Waals surface area (Å²) in [5.41, 5.74) is 11.0. The molecule has 6 aromatic carbocycles. The maximum Gasteiger partial charge on any atom is 0.143 e. The van der Waals surface area contributed by atoms with Crippen molar-refractivity contribution >= 4 is 33.3 Å². The number of para-hydroxylation sites is 3. The van der Waals surface area contributed by atoms with E-state index in [-0.39, 0.29) is 0 Å². The van der Waals surface area contributed by atoms with Crippen molar-refractivity contribution in [2.45, 2.75) is 0 Å². The molecule has 0 saturated heterocycles. The predicted molar refractivity (Wildman–Crippen MR) is 160 cm³/mol. The Morgan fingerprint density at radius 3 is 1.82 bits per heavy atom. The highest BCUT2D eigenvalue weighted by molar-refractivity contribution is 6.09. The number of hydrogen-bond acceptors (Lipinski definition) is 2. The van der Waals surface area contributed by atoms with E-state index < -0.39 is 0 Å². The molecule has 0 atom stereocenters. The van der Waals surface area contributed by atoms with Gasteiger partial charge >= 0.3 is 0 Å². The van der Waals surface area contributed by atoms with Gasteiger partial charge in [-0.15, -0.1) is 0 Å². The van der Waals surface area contributed by atoms with Gasteiger partial charge in [0, 0.05) is 33.3 Å². The second-order valence-corrected chi connectivity index (χ2v) is 9.47. The largest absolute Gasteiger partial charge is 0.455 e. The Bertz CT molecular complexity index is 1860. The average Bonchev–Trinajstić information content (AvgIpc) is 3.38. The highest BCUT2D eigenvalue weighted by Gasteiger charge is 2.12. The third-order valence-corrected chi connectivity index (χ3v) is 7.11. The van der Waals surface area contributed by atoms with Crippen LogP contribution in [0.5, 0.6) is 0 Å². The summed E-state index contributed by atoms with van der Waals surface area (Å²) in [5, 5.41) is 5.93. The number of nitrogens with one attached hydrogen (secondary N) is 1. The molecule has 7 rings (SSSR count). The third-order valence-electron chi connectivity index (χ3n) is 7.11. The minimum absolute atomic E-state index is 0.918. The van der Waals surface area contributed by atoms with Crippen LogP contribution in [0.4, 0.5) is 11.4 Å². The molecule has 0 aliphatic rings. The zero-order valence-corrected chi connectivity index (χ0v) is 20.8. The van der Waals surface area contributed by atoms with Crippen LogP contribution >= 0.6 is 0 Å². The number of rotatable bonds is 5. The van der Waals surface area contributed by atoms with E-state index in [1.54, 1.807) is 0 Å². The molecule has 0 bridgehead atoms. The molecule has 0 unspecified atom stereocenters. The molecule has 0 spiro atoms. The second kappa shape index (κ2) is 9.42. The van der Waals surface area contributed by atoms with E-state index in [9.17, 15) is 0 Å². The topological polar surface area (TPSA) is 25.2 Å². The number of fused-ring (bicyclic) bond motifs is 3. The molecule has 1 heterocycles. The van der Waals surface area contributed by atoms with Crippen LogP contribution in [0.2, 0.25) is 0 Å². The van der Waals surface area contributed by atoms with E-state index in [2.05, 4.69) is 133 Å². The molecule has 2 heteroatoms. The molecule has 0 aliphatic carbocycles. The van der Waals surface area contributed by atoms with Crippen molar-refractivity contribution in [2.24, 2.45) is 0 Å². The normalized spacial score (nSPS) is 11.2. The molecule has 180 valence electrons. The van der Waals surface area contributed by atoms with Crippen molar-refractivity contribution in [3.8, 4) is 33.4 Å². The number of benzene rings is 6. The molecule has 0 amide bonds. The average molecular weight is 488 g/mol. The smallest absolute Gasteiger partial charge is 0.143 e. The molecular weight excluding hydrogens is 462 g/mol. The van der Waals surface area contributed by atoms with Crippen molar-refractivity contribution in [3.63, 3.8) is 0 Å². The first-order valence-corrected chi connectivity index (χ1v) is 12.9. The van der Waals surface area contributed by atoms with Crippen LogP contribution in [-0.4, -0.2) is 0 Å². The molecule has 0 saturated carbocycles. The Kier molecular flexibility index (Phi) is 5.49. The Balaban J connectivity index is 1.18. The van der Waals surface area contributed by atoms with Gasteiger partial charge in [-0.25, -0.2) is 0 Å². The van der Waals surface area contributed by atoms with E-state index in [4.69, 9.17) is 4.42 Å². The first kappa shape index (κ1) is 22.1. The minimum atomic E-state index is 0.918. The van der Waals surface area contributed by atoms with E-state index in [0.717, 1.165) is 44.4 Å². The molecule has 0 fully saturated rings. The fraction of sp³-hybridized carbons (Fsp3) is 0. The van der Waals surface area contributed by atoms with Gasteiger partial charge in [-0.05, 0) is 46.5 Å². The van der Waals surface area contributed by atoms with E-state index in [1.807, 2.05) is 18.2 Å². The maximum absolute atomic E-state index is 6.25. The molecule has 0 radical (unpaired) electrons. The standard InChI is InChI=1S/C36H25NO/c1-2-9-25(10-3-1)26-17-19-27(20-18-26)30-11-4-6-15-34(30)37-29-23-21-28(22-24-29)31-13-8-14-33-32-12-5-7-16-35(32)38-36(31)33/h1-24,37H. The molecule has 7 aromatic rings. The summed E-state index contributed by atoms with van der Waals surface area (Å²) >= 11 is 0. The fourth-order valence-electron chi connectivity index (χ4n) is 5.18. The quantitative estimate of drug-likeness (QED) is 0.261. The van der Waals surface area contributed by atoms with Gasteiger partial charge in [-0.1, -0.05) is 121 Å². The summed E-state index contributed by atoms with van der Waals surface area (Å²) in [4.78, 5) is 0. The lowest BCUT2D eigenvalue weighted by Gasteiger charge is -2.13. The van der Waals surface area contributed by atoms with Gasteiger partial charge in [-0.2, -0.15) is 0 Å². The zero-order valence-electron chi connectivity index (χ0n) is 20.8. The monoisotopic (exact) mass is 487 g/mol. The molecule has 38 heavy (non-hydrogen) atoms. The van der Waals surface area contributed by atoms with E-state index in [1.165, 1.54) is 22.3 Å². The van der Waals surface area contributed by atoms with Crippen LogP contribution in [0.1, 0.15) is 0 Å². The van der Waals surface area contributed by atoms with E-state index >= 15 is 0 Å². The van der Waals surface area contributed by atoms with Crippen LogP contribution in [0.3, 0.4) is 0 Å². The van der Waals surface area contributed by atoms with Crippen LogP contribution in [0.25, 0.3) is 55.3 Å². The van der Waals surface area contributed by atoms with Gasteiger partial charge in [0.1, 0.15) is 11.2 Å². The van der Waals surface area contributed by atoms with Gasteiger partial charge < -0.3 is 9.73 Å². The maximum atomic E-state index is 6.25. The van der Waals surface area contributed by atoms with Crippen molar-refractivity contribution in [1.29, 1.82) is 0 Å². The summed E-state index contributed by atoms with van der Waals surface area (Å²) in [5.74, 6) is 0. The lowest BCUT2D eigenvalue weighted by molar-refractivity contribution is 0.670. The highest BCUT2D eigenvalue weighted by Crippen LogP contribution is 2.37. The van der Waals surface area contributed by atoms with Crippen LogP contribution in [0, 0.1) is 0 Å². The number of hydrogen-bond donors (Lipinski definition) is 1. The summed E-state index contributed by atoms with van der Waals surface area (Å²) in [6.07, 6.45) is 0. The van der Waals surface area contributed by atoms with Gasteiger partial charge in [0.05, 0.1) is 0 Å². The Morgan fingerprint density at radius 1 is 0.395 bits per heavy atom. The number of anilines is 2. The second-order valence-electron chi connectivity index (χ2n) is 9.47. The van der Waals surface area contributed by atoms with Crippen LogP contribution < -0.4 is 5.32 Å². The lowest BCUT2D eigenvalue weighted by Crippen LogP contribution is -1.93. The summed E-state index contributed by atoms with van der Waals surface area (Å²) in [6, 6.07) is 50.8. The summed E-state index contributed by atoms with van der Waals surface area (Å²) < 4.78 is 6.25. The number of furan rings is 1. The van der Waals surface area contributed by atoms with Crippen molar-refractivity contribution in [3.05, 3.63) is 146 Å². The third kappa shape index (κ3) is 4.03. The van der Waals surface area contributed by atoms with Crippen molar-refractivity contribution in [2.75, 3.05) is 5.32 Å².